The van der Waals surface area contributed by atoms with Gasteiger partial charge in [-0.15, -0.1) is 0 Å². The molecule has 2 fully saturated rings. The Morgan fingerprint density at radius 1 is 1.24 bits per heavy atom. The molecule has 2 aliphatic rings. The second-order valence-electron chi connectivity index (χ2n) is 7.98. The molecule has 0 spiro atoms. The van der Waals surface area contributed by atoms with Crippen molar-refractivity contribution >= 4 is 11.6 Å². The van der Waals surface area contributed by atoms with E-state index in [-0.39, 0.29) is 18.0 Å². The first kappa shape index (κ1) is 19.7. The third-order valence-electron chi connectivity index (χ3n) is 6.15. The van der Waals surface area contributed by atoms with E-state index in [1.807, 2.05) is 17.8 Å². The second-order valence-corrected chi connectivity index (χ2v) is 7.98. The van der Waals surface area contributed by atoms with Gasteiger partial charge in [-0.3, -0.25) is 9.69 Å². The van der Waals surface area contributed by atoms with Crippen molar-refractivity contribution in [1.29, 1.82) is 0 Å². The largest absolute Gasteiger partial charge is 0.493 e. The van der Waals surface area contributed by atoms with Gasteiger partial charge in [0.2, 0.25) is 5.91 Å². The lowest BCUT2D eigenvalue weighted by Crippen LogP contribution is -2.52. The van der Waals surface area contributed by atoms with Crippen LogP contribution in [0.2, 0.25) is 0 Å². The SMILES string of the molecule is COc1ccc(NC(=O)CN2[C@H]3CC[C@H]2CC(O)(c2nccn2C)C3)cc1OC. The molecule has 1 aromatic heterocycles. The van der Waals surface area contributed by atoms with Gasteiger partial charge >= 0.3 is 0 Å². The van der Waals surface area contributed by atoms with Crippen molar-refractivity contribution in [2.75, 3.05) is 26.1 Å². The summed E-state index contributed by atoms with van der Waals surface area (Å²) in [5.41, 5.74) is -0.262. The summed E-state index contributed by atoms with van der Waals surface area (Å²) in [4.78, 5) is 19.3. The number of fused-ring (bicyclic) bond motifs is 2. The number of carbonyl (C=O) groups is 1. The number of benzene rings is 1. The van der Waals surface area contributed by atoms with E-state index in [4.69, 9.17) is 9.47 Å². The van der Waals surface area contributed by atoms with Gasteiger partial charge in [-0.25, -0.2) is 4.98 Å². The first-order valence-electron chi connectivity index (χ1n) is 9.91. The molecule has 2 bridgehead atoms. The minimum Gasteiger partial charge on any atom is -0.493 e. The van der Waals surface area contributed by atoms with E-state index in [1.165, 1.54) is 0 Å². The number of piperidine rings is 1. The number of imidazole rings is 1. The van der Waals surface area contributed by atoms with Gasteiger partial charge in [0, 0.05) is 43.3 Å². The fraction of sp³-hybridized carbons (Fsp3) is 0.524. The molecule has 8 nitrogen and oxygen atoms in total. The number of nitrogens with one attached hydrogen (secondary N) is 1. The maximum Gasteiger partial charge on any atom is 0.238 e. The van der Waals surface area contributed by atoms with E-state index in [1.54, 1.807) is 38.6 Å². The minimum atomic E-state index is -0.930. The number of aromatic nitrogens is 2. The second kappa shape index (κ2) is 7.68. The Bertz CT molecular complexity index is 883. The Balaban J connectivity index is 1.42. The number of nitrogens with zero attached hydrogens (tertiary/aromatic N) is 3. The van der Waals surface area contributed by atoms with Crippen molar-refractivity contribution in [1.82, 2.24) is 14.5 Å². The summed E-state index contributed by atoms with van der Waals surface area (Å²) >= 11 is 0. The van der Waals surface area contributed by atoms with E-state index < -0.39 is 5.60 Å². The number of anilines is 1. The lowest BCUT2D eigenvalue weighted by Gasteiger charge is -2.43. The topological polar surface area (TPSA) is 88.9 Å². The van der Waals surface area contributed by atoms with Crippen molar-refractivity contribution in [3.8, 4) is 11.5 Å². The molecular formula is C21H28N4O4. The lowest BCUT2D eigenvalue weighted by molar-refractivity contribution is -0.121. The van der Waals surface area contributed by atoms with E-state index in [9.17, 15) is 9.90 Å². The standard InChI is InChI=1S/C21H28N4O4/c1-24-9-8-22-20(24)21(27)11-15-5-6-16(12-21)25(15)13-19(26)23-14-4-7-17(28-2)18(10-14)29-3/h4,7-10,15-16,27H,5-6,11-13H2,1-3H3,(H,23,26)/t15-,16-/m0/s1. The lowest BCUT2D eigenvalue weighted by atomic mass is 9.85. The number of carbonyl (C=O) groups excluding carboxylic acids is 1. The number of rotatable bonds is 6. The predicted octanol–water partition coefficient (Wildman–Crippen LogP) is 1.89. The van der Waals surface area contributed by atoms with Crippen molar-refractivity contribution in [3.05, 3.63) is 36.4 Å². The number of hydrogen-bond donors (Lipinski definition) is 2. The van der Waals surface area contributed by atoms with Crippen LogP contribution in [-0.4, -0.2) is 58.3 Å². The van der Waals surface area contributed by atoms with Crippen molar-refractivity contribution in [2.45, 2.75) is 43.4 Å². The van der Waals surface area contributed by atoms with Gasteiger partial charge in [-0.1, -0.05) is 0 Å². The van der Waals surface area contributed by atoms with Gasteiger partial charge in [0.25, 0.3) is 0 Å². The number of hydrogen-bond acceptors (Lipinski definition) is 6. The number of amides is 1. The van der Waals surface area contributed by atoms with Gasteiger partial charge in [0.05, 0.1) is 20.8 Å². The Labute approximate surface area is 170 Å². The van der Waals surface area contributed by atoms with Crippen LogP contribution in [0, 0.1) is 0 Å². The maximum absolute atomic E-state index is 12.7. The van der Waals surface area contributed by atoms with Crippen molar-refractivity contribution < 1.29 is 19.4 Å². The Morgan fingerprint density at radius 2 is 1.93 bits per heavy atom. The third kappa shape index (κ3) is 3.70. The first-order chi connectivity index (χ1) is 13.9. The highest BCUT2D eigenvalue weighted by molar-refractivity contribution is 5.92. The molecule has 1 amide bonds. The quantitative estimate of drug-likeness (QED) is 0.770. The monoisotopic (exact) mass is 400 g/mol. The summed E-state index contributed by atoms with van der Waals surface area (Å²) in [5.74, 6) is 1.83. The zero-order valence-electron chi connectivity index (χ0n) is 17.1. The Kier molecular flexibility index (Phi) is 5.23. The smallest absolute Gasteiger partial charge is 0.238 e. The summed E-state index contributed by atoms with van der Waals surface area (Å²) in [6, 6.07) is 5.66. The highest BCUT2D eigenvalue weighted by Gasteiger charge is 2.50. The maximum atomic E-state index is 12.7. The molecule has 29 heavy (non-hydrogen) atoms. The Morgan fingerprint density at radius 3 is 2.52 bits per heavy atom. The van der Waals surface area contributed by atoms with Crippen LogP contribution in [-0.2, 0) is 17.4 Å². The zero-order chi connectivity index (χ0) is 20.6. The molecule has 2 atom stereocenters. The van der Waals surface area contributed by atoms with Gasteiger partial charge in [0.1, 0.15) is 11.4 Å². The number of ether oxygens (including phenoxy) is 2. The Hall–Kier alpha value is -2.58. The summed E-state index contributed by atoms with van der Waals surface area (Å²) in [6.07, 6.45) is 6.74. The molecule has 4 rings (SSSR count). The molecule has 2 aromatic rings. The van der Waals surface area contributed by atoms with E-state index in [2.05, 4.69) is 15.2 Å². The molecule has 0 unspecified atom stereocenters. The summed E-state index contributed by atoms with van der Waals surface area (Å²) in [5, 5.41) is 14.2. The summed E-state index contributed by atoms with van der Waals surface area (Å²) < 4.78 is 12.4. The number of aryl methyl sites for hydroxylation is 1. The fourth-order valence-corrected chi connectivity index (χ4v) is 4.85. The molecule has 2 aliphatic heterocycles. The predicted molar refractivity (Wildman–Crippen MR) is 108 cm³/mol. The van der Waals surface area contributed by atoms with Crippen LogP contribution < -0.4 is 14.8 Å². The van der Waals surface area contributed by atoms with E-state index >= 15 is 0 Å². The molecule has 156 valence electrons. The molecule has 3 heterocycles. The zero-order valence-corrected chi connectivity index (χ0v) is 17.1. The summed E-state index contributed by atoms with van der Waals surface area (Å²) in [7, 11) is 5.05. The molecule has 1 aromatic carbocycles. The van der Waals surface area contributed by atoms with E-state index in [0.29, 0.717) is 42.4 Å². The average Bonchev–Trinajstić information content (AvgIpc) is 3.23. The molecule has 0 aliphatic carbocycles. The molecule has 2 N–H and O–H groups in total. The summed E-state index contributed by atoms with van der Waals surface area (Å²) in [6.45, 7) is 0.306. The van der Waals surface area contributed by atoms with Crippen LogP contribution >= 0.6 is 0 Å². The van der Waals surface area contributed by atoms with Gasteiger partial charge < -0.3 is 24.5 Å². The molecule has 0 radical (unpaired) electrons. The van der Waals surface area contributed by atoms with Gasteiger partial charge in [0.15, 0.2) is 11.5 Å². The molecule has 2 saturated heterocycles. The average molecular weight is 400 g/mol. The normalized spacial score (nSPS) is 26.3. The molecule has 0 saturated carbocycles. The van der Waals surface area contributed by atoms with Crippen LogP contribution in [0.25, 0.3) is 0 Å². The molecular weight excluding hydrogens is 372 g/mol. The van der Waals surface area contributed by atoms with Gasteiger partial charge in [-0.2, -0.15) is 0 Å². The highest BCUT2D eigenvalue weighted by Crippen LogP contribution is 2.45. The number of aliphatic hydroxyl groups is 1. The van der Waals surface area contributed by atoms with Crippen LogP contribution in [0.4, 0.5) is 5.69 Å². The van der Waals surface area contributed by atoms with Gasteiger partial charge in [-0.05, 0) is 37.8 Å². The van der Waals surface area contributed by atoms with Crippen LogP contribution in [0.15, 0.2) is 30.6 Å². The van der Waals surface area contributed by atoms with Crippen molar-refractivity contribution in [2.24, 2.45) is 7.05 Å². The van der Waals surface area contributed by atoms with Crippen LogP contribution in [0.3, 0.4) is 0 Å². The first-order valence-corrected chi connectivity index (χ1v) is 9.91. The number of methoxy groups -OCH3 is 2. The molecule has 8 heteroatoms. The van der Waals surface area contributed by atoms with Crippen LogP contribution in [0.1, 0.15) is 31.5 Å². The van der Waals surface area contributed by atoms with Crippen molar-refractivity contribution in [3.63, 3.8) is 0 Å². The highest BCUT2D eigenvalue weighted by atomic mass is 16.5. The fourth-order valence-electron chi connectivity index (χ4n) is 4.85. The van der Waals surface area contributed by atoms with Crippen LogP contribution in [0.5, 0.6) is 11.5 Å². The van der Waals surface area contributed by atoms with E-state index in [0.717, 1.165) is 12.8 Å². The minimum absolute atomic E-state index is 0.0726. The third-order valence-corrected chi connectivity index (χ3v) is 6.15.